The summed E-state index contributed by atoms with van der Waals surface area (Å²) in [6.45, 7) is 3.87. The molecule has 0 radical (unpaired) electrons. The third-order valence-electron chi connectivity index (χ3n) is 5.45. The molecule has 0 N–H and O–H groups in total. The molecule has 1 aromatic carbocycles. The van der Waals surface area contributed by atoms with Crippen LogP contribution in [-0.2, 0) is 17.6 Å². The summed E-state index contributed by atoms with van der Waals surface area (Å²) in [4.78, 5) is 31.1. The largest absolute Gasteiger partial charge is 0.451 e. The lowest BCUT2D eigenvalue weighted by molar-refractivity contribution is -0.132. The maximum Gasteiger partial charge on any atom is 0.289 e. The molecule has 4 rings (SSSR count). The summed E-state index contributed by atoms with van der Waals surface area (Å²) >= 11 is 1.63. The number of benzene rings is 1. The number of amides is 2. The SMILES string of the molecule is CCc1ccc(F)c2cc(C(=O)N(C)C)oc12.O=C(CCc1nccs1)N1CCCCC1. The van der Waals surface area contributed by atoms with Crippen molar-refractivity contribution < 1.29 is 18.4 Å². The Kier molecular flexibility index (Phi) is 8.39. The van der Waals surface area contributed by atoms with Gasteiger partial charge in [-0.1, -0.05) is 13.0 Å². The van der Waals surface area contributed by atoms with Gasteiger partial charge in [-0.05, 0) is 37.3 Å². The van der Waals surface area contributed by atoms with Crippen LogP contribution in [0.25, 0.3) is 11.0 Å². The standard InChI is InChI=1S/C13H14FNO2.C11H16N2OS/c1-4-8-5-6-10(14)9-7-11(17-12(8)9)13(16)15(2)3;14-11(13-7-2-1-3-8-13)5-4-10-12-6-9-15-10/h5-7H,4H2,1-3H3;6,9H,1-5,7-8H2. The number of hydrogen-bond donors (Lipinski definition) is 0. The van der Waals surface area contributed by atoms with Crippen LogP contribution in [0.3, 0.4) is 0 Å². The molecule has 0 unspecified atom stereocenters. The van der Waals surface area contributed by atoms with E-state index in [-0.39, 0.29) is 17.5 Å². The van der Waals surface area contributed by atoms with Crippen LogP contribution in [0.5, 0.6) is 0 Å². The van der Waals surface area contributed by atoms with Crippen molar-refractivity contribution in [3.63, 3.8) is 0 Å². The third-order valence-corrected chi connectivity index (χ3v) is 6.29. The van der Waals surface area contributed by atoms with Crippen molar-refractivity contribution >= 4 is 34.1 Å². The van der Waals surface area contributed by atoms with Gasteiger partial charge < -0.3 is 14.2 Å². The summed E-state index contributed by atoms with van der Waals surface area (Å²) in [6, 6.07) is 4.55. The fourth-order valence-corrected chi connectivity index (χ4v) is 4.26. The Hall–Kier alpha value is -2.74. The van der Waals surface area contributed by atoms with Gasteiger partial charge in [-0.3, -0.25) is 9.59 Å². The fraction of sp³-hybridized carbons (Fsp3) is 0.458. The van der Waals surface area contributed by atoms with Crippen LogP contribution in [0.4, 0.5) is 4.39 Å². The molecule has 0 atom stereocenters. The minimum absolute atomic E-state index is 0.171. The molecule has 1 saturated heterocycles. The summed E-state index contributed by atoms with van der Waals surface area (Å²) in [5, 5.41) is 3.40. The van der Waals surface area contributed by atoms with Crippen LogP contribution in [0.15, 0.2) is 34.2 Å². The predicted molar refractivity (Wildman–Crippen MR) is 124 cm³/mol. The topological polar surface area (TPSA) is 66.7 Å². The summed E-state index contributed by atoms with van der Waals surface area (Å²) in [5.41, 5.74) is 1.37. The van der Waals surface area contributed by atoms with Gasteiger partial charge in [0.25, 0.3) is 5.91 Å². The van der Waals surface area contributed by atoms with E-state index in [1.165, 1.54) is 36.3 Å². The van der Waals surface area contributed by atoms with E-state index in [1.54, 1.807) is 37.7 Å². The summed E-state index contributed by atoms with van der Waals surface area (Å²) in [7, 11) is 3.26. The molecule has 172 valence electrons. The lowest BCUT2D eigenvalue weighted by Crippen LogP contribution is -2.35. The van der Waals surface area contributed by atoms with Crippen molar-refractivity contribution in [1.82, 2.24) is 14.8 Å². The molecule has 1 aliphatic heterocycles. The van der Waals surface area contributed by atoms with Crippen molar-refractivity contribution in [3.8, 4) is 0 Å². The minimum atomic E-state index is -0.362. The first-order valence-electron chi connectivity index (χ1n) is 11.0. The lowest BCUT2D eigenvalue weighted by atomic mass is 10.1. The molecule has 2 amide bonds. The number of piperidine rings is 1. The number of thiazole rings is 1. The maximum absolute atomic E-state index is 13.6. The predicted octanol–water partition coefficient (Wildman–Crippen LogP) is 4.92. The van der Waals surface area contributed by atoms with Crippen LogP contribution in [0.2, 0.25) is 0 Å². The second-order valence-corrected chi connectivity index (χ2v) is 8.96. The molecule has 6 nitrogen and oxygen atoms in total. The first kappa shape index (κ1) is 23.9. The van der Waals surface area contributed by atoms with Crippen LogP contribution in [-0.4, -0.2) is 53.8 Å². The Bertz CT molecular complexity index is 1040. The number of rotatable bonds is 5. The smallest absolute Gasteiger partial charge is 0.289 e. The molecule has 3 aromatic rings. The molecular formula is C24H30FN3O3S. The third kappa shape index (κ3) is 5.94. The summed E-state index contributed by atoms with van der Waals surface area (Å²) in [6.07, 6.45) is 7.56. The maximum atomic E-state index is 13.6. The molecule has 1 aliphatic rings. The monoisotopic (exact) mass is 459 g/mol. The number of furan rings is 1. The van der Waals surface area contributed by atoms with Gasteiger partial charge in [0.15, 0.2) is 5.76 Å². The lowest BCUT2D eigenvalue weighted by Gasteiger charge is -2.26. The number of aryl methyl sites for hydroxylation is 2. The quantitative estimate of drug-likeness (QED) is 0.543. The summed E-state index contributed by atoms with van der Waals surface area (Å²) in [5.74, 6) is -0.156. The first-order chi connectivity index (χ1) is 15.4. The van der Waals surface area contributed by atoms with E-state index < -0.39 is 0 Å². The van der Waals surface area contributed by atoms with E-state index in [0.717, 1.165) is 36.5 Å². The molecule has 8 heteroatoms. The zero-order valence-electron chi connectivity index (χ0n) is 18.9. The Morgan fingerprint density at radius 3 is 2.59 bits per heavy atom. The van der Waals surface area contributed by atoms with Crippen LogP contribution >= 0.6 is 11.3 Å². The second kappa shape index (κ2) is 11.2. The van der Waals surface area contributed by atoms with E-state index in [1.807, 2.05) is 17.2 Å². The van der Waals surface area contributed by atoms with Gasteiger partial charge in [-0.2, -0.15) is 0 Å². The van der Waals surface area contributed by atoms with Crippen molar-refractivity contribution in [3.05, 3.63) is 51.9 Å². The molecule has 0 saturated carbocycles. The van der Waals surface area contributed by atoms with Crippen LogP contribution in [0.1, 0.15) is 53.7 Å². The Balaban J connectivity index is 0.000000182. The van der Waals surface area contributed by atoms with Gasteiger partial charge in [-0.15, -0.1) is 11.3 Å². The molecule has 0 aliphatic carbocycles. The highest BCUT2D eigenvalue weighted by atomic mass is 32.1. The first-order valence-corrected chi connectivity index (χ1v) is 11.9. The average molecular weight is 460 g/mol. The van der Waals surface area contributed by atoms with E-state index >= 15 is 0 Å². The van der Waals surface area contributed by atoms with E-state index in [0.29, 0.717) is 23.3 Å². The second-order valence-electron chi connectivity index (χ2n) is 7.98. The zero-order chi connectivity index (χ0) is 23.1. The Morgan fingerprint density at radius 2 is 1.97 bits per heavy atom. The van der Waals surface area contributed by atoms with Crippen LogP contribution in [0, 0.1) is 5.82 Å². The molecule has 3 heterocycles. The molecule has 1 fully saturated rings. The van der Waals surface area contributed by atoms with Crippen molar-refractivity contribution in [2.75, 3.05) is 27.2 Å². The average Bonchev–Trinajstić information content (AvgIpc) is 3.49. The number of likely N-dealkylation sites (tertiary alicyclic amines) is 1. The molecule has 32 heavy (non-hydrogen) atoms. The number of fused-ring (bicyclic) bond motifs is 1. The van der Waals surface area contributed by atoms with Gasteiger partial charge in [-0.25, -0.2) is 9.37 Å². The number of hydrogen-bond acceptors (Lipinski definition) is 5. The van der Waals surface area contributed by atoms with Crippen molar-refractivity contribution in [1.29, 1.82) is 0 Å². The summed E-state index contributed by atoms with van der Waals surface area (Å²) < 4.78 is 19.1. The van der Waals surface area contributed by atoms with Gasteiger partial charge in [0.1, 0.15) is 11.4 Å². The number of aromatic nitrogens is 1. The Morgan fingerprint density at radius 1 is 1.22 bits per heavy atom. The number of carbonyl (C=O) groups is 2. The van der Waals surface area contributed by atoms with E-state index in [4.69, 9.17) is 4.42 Å². The van der Waals surface area contributed by atoms with Gasteiger partial charge in [0.2, 0.25) is 5.91 Å². The van der Waals surface area contributed by atoms with Gasteiger partial charge in [0.05, 0.1) is 10.4 Å². The number of nitrogens with zero attached hydrogens (tertiary/aromatic N) is 3. The molecular weight excluding hydrogens is 429 g/mol. The van der Waals surface area contributed by atoms with Gasteiger partial charge in [0, 0.05) is 57.7 Å². The highest BCUT2D eigenvalue weighted by molar-refractivity contribution is 7.09. The van der Waals surface area contributed by atoms with Crippen molar-refractivity contribution in [2.45, 2.75) is 45.4 Å². The zero-order valence-corrected chi connectivity index (χ0v) is 19.7. The molecule has 0 bridgehead atoms. The highest BCUT2D eigenvalue weighted by Crippen LogP contribution is 2.26. The number of halogens is 1. The van der Waals surface area contributed by atoms with Gasteiger partial charge >= 0.3 is 0 Å². The fourth-order valence-electron chi connectivity index (χ4n) is 3.64. The molecule has 2 aromatic heterocycles. The molecule has 0 spiro atoms. The number of carbonyl (C=O) groups excluding carboxylic acids is 2. The van der Waals surface area contributed by atoms with Crippen LogP contribution < -0.4 is 0 Å². The minimum Gasteiger partial charge on any atom is -0.451 e. The van der Waals surface area contributed by atoms with E-state index in [2.05, 4.69) is 4.98 Å². The van der Waals surface area contributed by atoms with Crippen molar-refractivity contribution in [2.24, 2.45) is 0 Å². The van der Waals surface area contributed by atoms with E-state index in [9.17, 15) is 14.0 Å². The normalized spacial score (nSPS) is 13.6. The Labute approximate surface area is 192 Å². The highest BCUT2D eigenvalue weighted by Gasteiger charge is 2.18.